The van der Waals surface area contributed by atoms with Crippen molar-refractivity contribution in [3.05, 3.63) is 35.9 Å². The summed E-state index contributed by atoms with van der Waals surface area (Å²) in [6.07, 6.45) is 4.54. The second kappa shape index (κ2) is 8.26. The molecular weight excluding hydrogens is 346 g/mol. The summed E-state index contributed by atoms with van der Waals surface area (Å²) < 4.78 is 5.71. The summed E-state index contributed by atoms with van der Waals surface area (Å²) in [4.78, 5) is 12.5. The lowest BCUT2D eigenvalue weighted by Crippen LogP contribution is -2.42. The summed E-state index contributed by atoms with van der Waals surface area (Å²) in [5.41, 5.74) is 0.640. The van der Waals surface area contributed by atoms with Crippen molar-refractivity contribution in [1.29, 1.82) is 5.26 Å². The number of ether oxygens (including phenoxy) is 1. The summed E-state index contributed by atoms with van der Waals surface area (Å²) in [6.45, 7) is 6.36. The van der Waals surface area contributed by atoms with E-state index < -0.39 is 5.60 Å². The maximum absolute atomic E-state index is 10.4. The lowest BCUT2D eigenvalue weighted by atomic mass is 9.98. The van der Waals surface area contributed by atoms with E-state index in [1.165, 1.54) is 12.4 Å². The molecule has 0 amide bonds. The molecule has 0 spiro atoms. The molecule has 4 N–H and O–H groups in total. The third kappa shape index (κ3) is 5.10. The van der Waals surface area contributed by atoms with Crippen LogP contribution in [0.25, 0.3) is 0 Å². The Balaban J connectivity index is 1.77. The first-order valence-corrected chi connectivity index (χ1v) is 8.74. The standard InChI is InChI=1S/C18H23N7O2/c1-18(2,26)14-10-24-16(25-17-11-21-12(6-19)7-23-17)5-15(14)22-9-13-8-20-3-4-27-13/h5,7,10-11,13,20,26H,3-4,8-9H2,1-2H3,(H2,22,23,24,25)/t13-/m0/s1. The number of aromatic nitrogens is 3. The van der Waals surface area contributed by atoms with Crippen molar-refractivity contribution in [1.82, 2.24) is 20.3 Å². The molecule has 2 aromatic rings. The lowest BCUT2D eigenvalue weighted by Gasteiger charge is -2.27. The van der Waals surface area contributed by atoms with Gasteiger partial charge in [0.25, 0.3) is 0 Å². The van der Waals surface area contributed by atoms with Gasteiger partial charge >= 0.3 is 0 Å². The second-order valence-electron chi connectivity index (χ2n) is 6.78. The zero-order chi connectivity index (χ0) is 19.3. The average molecular weight is 369 g/mol. The van der Waals surface area contributed by atoms with Gasteiger partial charge in [0.1, 0.15) is 17.7 Å². The molecule has 1 aliphatic rings. The van der Waals surface area contributed by atoms with Crippen LogP contribution in [0, 0.1) is 11.3 Å². The predicted octanol–water partition coefficient (Wildman–Crippen LogP) is 1.11. The van der Waals surface area contributed by atoms with Gasteiger partial charge in [-0.15, -0.1) is 0 Å². The molecule has 142 valence electrons. The second-order valence-corrected chi connectivity index (χ2v) is 6.78. The largest absolute Gasteiger partial charge is 0.386 e. The van der Waals surface area contributed by atoms with Gasteiger partial charge in [-0.1, -0.05) is 0 Å². The Hall–Kier alpha value is -2.80. The highest BCUT2D eigenvalue weighted by molar-refractivity contribution is 5.62. The molecule has 3 heterocycles. The lowest BCUT2D eigenvalue weighted by molar-refractivity contribution is 0.0370. The van der Waals surface area contributed by atoms with Crippen LogP contribution in [0.3, 0.4) is 0 Å². The van der Waals surface area contributed by atoms with E-state index in [4.69, 9.17) is 10.00 Å². The Morgan fingerprint density at radius 1 is 1.30 bits per heavy atom. The molecule has 3 rings (SSSR count). The van der Waals surface area contributed by atoms with Gasteiger partial charge in [-0.2, -0.15) is 5.26 Å². The Bertz CT molecular complexity index is 806. The van der Waals surface area contributed by atoms with E-state index in [1.807, 2.05) is 12.1 Å². The maximum Gasteiger partial charge on any atom is 0.158 e. The molecule has 1 fully saturated rings. The van der Waals surface area contributed by atoms with Crippen molar-refractivity contribution in [2.24, 2.45) is 0 Å². The first-order chi connectivity index (χ1) is 13.0. The zero-order valence-electron chi connectivity index (χ0n) is 15.4. The van der Waals surface area contributed by atoms with E-state index >= 15 is 0 Å². The number of nitrogens with zero attached hydrogens (tertiary/aromatic N) is 4. The number of morpholine rings is 1. The average Bonchev–Trinajstić information content (AvgIpc) is 2.67. The predicted molar refractivity (Wildman–Crippen MR) is 101 cm³/mol. The number of rotatable bonds is 6. The van der Waals surface area contributed by atoms with Crippen LogP contribution in [0.1, 0.15) is 25.1 Å². The van der Waals surface area contributed by atoms with Crippen LogP contribution in [-0.2, 0) is 10.3 Å². The van der Waals surface area contributed by atoms with Crippen LogP contribution in [0.5, 0.6) is 0 Å². The normalized spacial score (nSPS) is 17.2. The molecule has 0 radical (unpaired) electrons. The highest BCUT2D eigenvalue weighted by Crippen LogP contribution is 2.29. The van der Waals surface area contributed by atoms with Crippen LogP contribution >= 0.6 is 0 Å². The summed E-state index contributed by atoms with van der Waals surface area (Å²) in [5.74, 6) is 1.02. The van der Waals surface area contributed by atoms with Gasteiger partial charge in [0, 0.05) is 43.1 Å². The topological polar surface area (TPSA) is 128 Å². The first-order valence-electron chi connectivity index (χ1n) is 8.74. The van der Waals surface area contributed by atoms with Crippen LogP contribution in [0.2, 0.25) is 0 Å². The first kappa shape index (κ1) is 19.0. The summed E-state index contributed by atoms with van der Waals surface area (Å²) in [5, 5.41) is 28.9. The van der Waals surface area contributed by atoms with Crippen molar-refractivity contribution >= 4 is 17.3 Å². The fourth-order valence-corrected chi connectivity index (χ4v) is 2.71. The molecule has 0 aliphatic carbocycles. The van der Waals surface area contributed by atoms with E-state index in [0.717, 1.165) is 18.8 Å². The molecule has 2 aromatic heterocycles. The monoisotopic (exact) mass is 369 g/mol. The summed E-state index contributed by atoms with van der Waals surface area (Å²) in [7, 11) is 0. The molecule has 9 nitrogen and oxygen atoms in total. The van der Waals surface area contributed by atoms with Crippen molar-refractivity contribution in [3.8, 4) is 6.07 Å². The number of pyridine rings is 1. The third-order valence-electron chi connectivity index (χ3n) is 4.11. The van der Waals surface area contributed by atoms with Crippen molar-refractivity contribution < 1.29 is 9.84 Å². The number of hydrogen-bond acceptors (Lipinski definition) is 9. The van der Waals surface area contributed by atoms with Gasteiger partial charge in [0.05, 0.1) is 30.7 Å². The SMILES string of the molecule is CC(C)(O)c1cnc(Nc2cnc(C#N)cn2)cc1NC[C@@H]1CNCCO1. The van der Waals surface area contributed by atoms with Gasteiger partial charge in [0.15, 0.2) is 5.69 Å². The molecule has 27 heavy (non-hydrogen) atoms. The summed E-state index contributed by atoms with van der Waals surface area (Å²) in [6, 6.07) is 3.74. The van der Waals surface area contributed by atoms with Gasteiger partial charge in [-0.25, -0.2) is 15.0 Å². The highest BCUT2D eigenvalue weighted by atomic mass is 16.5. The van der Waals surface area contributed by atoms with Gasteiger partial charge in [0.2, 0.25) is 0 Å². The Labute approximate surface area is 157 Å². The highest BCUT2D eigenvalue weighted by Gasteiger charge is 2.22. The fourth-order valence-electron chi connectivity index (χ4n) is 2.71. The quantitative estimate of drug-likeness (QED) is 0.592. The molecule has 0 unspecified atom stereocenters. The third-order valence-corrected chi connectivity index (χ3v) is 4.11. The van der Waals surface area contributed by atoms with Crippen LogP contribution in [0.15, 0.2) is 24.7 Å². The molecule has 0 saturated carbocycles. The van der Waals surface area contributed by atoms with Crippen molar-refractivity contribution in [2.75, 3.05) is 36.9 Å². The minimum absolute atomic E-state index is 0.0578. The van der Waals surface area contributed by atoms with Gasteiger partial charge < -0.3 is 25.8 Å². The van der Waals surface area contributed by atoms with E-state index in [1.54, 1.807) is 20.0 Å². The molecular formula is C18H23N7O2. The number of aliphatic hydroxyl groups is 1. The Kier molecular flexibility index (Phi) is 5.81. The van der Waals surface area contributed by atoms with Gasteiger partial charge in [-0.05, 0) is 13.8 Å². The molecule has 0 aromatic carbocycles. The van der Waals surface area contributed by atoms with E-state index in [0.29, 0.717) is 30.4 Å². The molecule has 1 saturated heterocycles. The minimum atomic E-state index is -1.05. The van der Waals surface area contributed by atoms with Crippen molar-refractivity contribution in [2.45, 2.75) is 25.6 Å². The zero-order valence-corrected chi connectivity index (χ0v) is 15.4. The van der Waals surface area contributed by atoms with Gasteiger partial charge in [-0.3, -0.25) is 0 Å². The smallest absolute Gasteiger partial charge is 0.158 e. The van der Waals surface area contributed by atoms with Crippen LogP contribution < -0.4 is 16.0 Å². The van der Waals surface area contributed by atoms with E-state index in [-0.39, 0.29) is 11.8 Å². The Morgan fingerprint density at radius 2 is 2.11 bits per heavy atom. The Morgan fingerprint density at radius 3 is 2.74 bits per heavy atom. The molecule has 1 aliphatic heterocycles. The molecule has 1 atom stereocenters. The van der Waals surface area contributed by atoms with Crippen LogP contribution in [0.4, 0.5) is 17.3 Å². The number of hydrogen-bond donors (Lipinski definition) is 4. The van der Waals surface area contributed by atoms with E-state index in [9.17, 15) is 5.11 Å². The maximum atomic E-state index is 10.4. The molecule has 9 heteroatoms. The van der Waals surface area contributed by atoms with E-state index in [2.05, 4.69) is 30.9 Å². The van der Waals surface area contributed by atoms with Crippen LogP contribution in [-0.4, -0.2) is 52.4 Å². The van der Waals surface area contributed by atoms with Crippen molar-refractivity contribution in [3.63, 3.8) is 0 Å². The fraction of sp³-hybridized carbons (Fsp3) is 0.444. The minimum Gasteiger partial charge on any atom is -0.386 e. The number of nitrogens with one attached hydrogen (secondary N) is 3. The number of nitriles is 1. The number of anilines is 3. The summed E-state index contributed by atoms with van der Waals surface area (Å²) >= 11 is 0. The molecule has 0 bridgehead atoms.